The Kier molecular flexibility index (Phi) is 4.15. The zero-order chi connectivity index (χ0) is 19.6. The third kappa shape index (κ3) is 3.38. The molecule has 2 fully saturated rings. The first-order valence-corrected chi connectivity index (χ1v) is 10.0. The molecule has 1 saturated heterocycles. The number of benzene rings is 1. The Morgan fingerprint density at radius 3 is 2.56 bits per heavy atom. The van der Waals surface area contributed by atoms with E-state index in [0.717, 1.165) is 29.9 Å². The lowest BCUT2D eigenvalue weighted by molar-refractivity contribution is -0.153. The van der Waals surface area contributed by atoms with Crippen LogP contribution in [0.15, 0.2) is 21.4 Å². The number of piperidine rings is 1. The summed E-state index contributed by atoms with van der Waals surface area (Å²) < 4.78 is 83.6. The number of fused-ring (bicyclic) bond motifs is 1. The van der Waals surface area contributed by atoms with E-state index in [2.05, 4.69) is 9.71 Å². The zero-order valence-electron chi connectivity index (χ0n) is 14.1. The highest BCUT2D eigenvalue weighted by atomic mass is 32.2. The Hall–Kier alpha value is -1.88. The summed E-state index contributed by atoms with van der Waals surface area (Å²) >= 11 is 0. The molecular formula is C16H18F4N4O2S. The van der Waals surface area contributed by atoms with Crippen molar-refractivity contribution in [2.24, 2.45) is 16.0 Å². The highest BCUT2D eigenvalue weighted by Gasteiger charge is 2.48. The minimum atomic E-state index is -4.59. The molecule has 0 radical (unpaired) electrons. The molecule has 1 aromatic rings. The number of nitrogens with one attached hydrogen (secondary N) is 1. The van der Waals surface area contributed by atoms with Crippen LogP contribution in [-0.4, -0.2) is 39.1 Å². The molecule has 4 rings (SSSR count). The summed E-state index contributed by atoms with van der Waals surface area (Å²) in [7, 11) is -4.19. The van der Waals surface area contributed by atoms with Gasteiger partial charge < -0.3 is 16.0 Å². The molecule has 1 aliphatic carbocycles. The van der Waals surface area contributed by atoms with Crippen LogP contribution >= 0.6 is 0 Å². The SMILES string of the molecule is NC1CCN(c2cc(F)cc3c2NC(C2CC2)=NS3(=O)=O)[C@H](C(F)(F)F)C1. The number of nitrogens with two attached hydrogens (primary N) is 1. The van der Waals surface area contributed by atoms with Crippen LogP contribution in [0.2, 0.25) is 0 Å². The van der Waals surface area contributed by atoms with E-state index in [4.69, 9.17) is 5.73 Å². The number of hydrogen-bond acceptors (Lipinski definition) is 5. The van der Waals surface area contributed by atoms with Crippen molar-refractivity contribution in [3.63, 3.8) is 0 Å². The van der Waals surface area contributed by atoms with Gasteiger partial charge in [-0.3, -0.25) is 0 Å². The first-order chi connectivity index (χ1) is 12.6. The van der Waals surface area contributed by atoms with Crippen molar-refractivity contribution in [2.75, 3.05) is 16.8 Å². The van der Waals surface area contributed by atoms with Crippen molar-refractivity contribution in [3.8, 4) is 0 Å². The van der Waals surface area contributed by atoms with Crippen LogP contribution in [0, 0.1) is 11.7 Å². The largest absolute Gasteiger partial charge is 0.408 e. The van der Waals surface area contributed by atoms with Gasteiger partial charge in [0.2, 0.25) is 0 Å². The maximum Gasteiger partial charge on any atom is 0.408 e. The van der Waals surface area contributed by atoms with Gasteiger partial charge in [-0.25, -0.2) is 4.39 Å². The summed E-state index contributed by atoms with van der Waals surface area (Å²) in [5.74, 6) is -0.804. The minimum absolute atomic E-state index is 0.0435. The van der Waals surface area contributed by atoms with Crippen molar-refractivity contribution in [1.29, 1.82) is 0 Å². The maximum atomic E-state index is 14.1. The van der Waals surface area contributed by atoms with E-state index < -0.39 is 39.0 Å². The minimum Gasteiger partial charge on any atom is -0.358 e. The fourth-order valence-electron chi connectivity index (χ4n) is 3.58. The summed E-state index contributed by atoms with van der Waals surface area (Å²) in [6, 6.07) is -0.822. The normalized spacial score (nSPS) is 27.6. The lowest BCUT2D eigenvalue weighted by atomic mass is 9.96. The number of hydrogen-bond donors (Lipinski definition) is 2. The highest BCUT2D eigenvalue weighted by Crippen LogP contribution is 2.44. The second-order valence-corrected chi connectivity index (χ2v) is 8.76. The molecule has 3 N–H and O–H groups in total. The quantitative estimate of drug-likeness (QED) is 0.738. The number of anilines is 2. The van der Waals surface area contributed by atoms with Crippen LogP contribution in [0.3, 0.4) is 0 Å². The number of amidine groups is 1. The lowest BCUT2D eigenvalue weighted by Gasteiger charge is -2.42. The van der Waals surface area contributed by atoms with Crippen LogP contribution in [0.1, 0.15) is 25.7 Å². The number of nitrogens with zero attached hydrogens (tertiary/aromatic N) is 2. The monoisotopic (exact) mass is 406 g/mol. The number of rotatable bonds is 2. The van der Waals surface area contributed by atoms with Crippen LogP contribution in [0.5, 0.6) is 0 Å². The van der Waals surface area contributed by atoms with Gasteiger partial charge in [0.25, 0.3) is 10.0 Å². The fraction of sp³-hybridized carbons (Fsp3) is 0.562. The van der Waals surface area contributed by atoms with Crippen molar-refractivity contribution < 1.29 is 26.0 Å². The Balaban J connectivity index is 1.84. The maximum absolute atomic E-state index is 14.1. The molecule has 0 amide bonds. The topological polar surface area (TPSA) is 87.8 Å². The van der Waals surface area contributed by atoms with E-state index in [-0.39, 0.29) is 42.5 Å². The van der Waals surface area contributed by atoms with Crippen LogP contribution in [-0.2, 0) is 10.0 Å². The van der Waals surface area contributed by atoms with E-state index in [1.165, 1.54) is 0 Å². The van der Waals surface area contributed by atoms with E-state index in [0.29, 0.717) is 0 Å². The Morgan fingerprint density at radius 2 is 1.93 bits per heavy atom. The Labute approximate surface area is 153 Å². The summed E-state index contributed by atoms with van der Waals surface area (Å²) in [5, 5.41) is 2.85. The van der Waals surface area contributed by atoms with Gasteiger partial charge in [0.1, 0.15) is 22.6 Å². The molecule has 148 valence electrons. The van der Waals surface area contributed by atoms with Gasteiger partial charge in [-0.1, -0.05) is 0 Å². The number of alkyl halides is 3. The smallest absolute Gasteiger partial charge is 0.358 e. The van der Waals surface area contributed by atoms with E-state index >= 15 is 0 Å². The van der Waals surface area contributed by atoms with Gasteiger partial charge in [0.15, 0.2) is 0 Å². The molecule has 1 unspecified atom stereocenters. The molecule has 6 nitrogen and oxygen atoms in total. The van der Waals surface area contributed by atoms with E-state index in [1.54, 1.807) is 0 Å². The molecule has 27 heavy (non-hydrogen) atoms. The van der Waals surface area contributed by atoms with Gasteiger partial charge in [-0.15, -0.1) is 4.40 Å². The zero-order valence-corrected chi connectivity index (χ0v) is 14.9. The molecule has 1 aromatic carbocycles. The van der Waals surface area contributed by atoms with Crippen molar-refractivity contribution in [3.05, 3.63) is 17.9 Å². The summed E-state index contributed by atoms with van der Waals surface area (Å²) in [4.78, 5) is 0.557. The predicted molar refractivity (Wildman–Crippen MR) is 91.8 cm³/mol. The fourth-order valence-corrected chi connectivity index (χ4v) is 4.80. The molecule has 0 bridgehead atoms. The molecule has 2 aliphatic heterocycles. The van der Waals surface area contributed by atoms with Gasteiger partial charge in [-0.05, 0) is 37.8 Å². The van der Waals surface area contributed by atoms with E-state index in [1.807, 2.05) is 0 Å². The van der Waals surface area contributed by atoms with Crippen molar-refractivity contribution >= 4 is 27.2 Å². The van der Waals surface area contributed by atoms with Crippen LogP contribution < -0.4 is 16.0 Å². The predicted octanol–water partition coefficient (Wildman–Crippen LogP) is 2.61. The highest BCUT2D eigenvalue weighted by molar-refractivity contribution is 7.90. The third-order valence-corrected chi connectivity index (χ3v) is 6.40. The molecule has 0 aromatic heterocycles. The molecule has 1 saturated carbocycles. The Bertz CT molecular complexity index is 912. The lowest BCUT2D eigenvalue weighted by Crippen LogP contribution is -2.54. The average molecular weight is 406 g/mol. The summed E-state index contributed by atoms with van der Waals surface area (Å²) in [6.45, 7) is -0.0567. The van der Waals surface area contributed by atoms with Gasteiger partial charge in [0.05, 0.1) is 11.4 Å². The first kappa shape index (κ1) is 18.5. The molecular weight excluding hydrogens is 388 g/mol. The molecule has 2 atom stereocenters. The Morgan fingerprint density at radius 1 is 1.22 bits per heavy atom. The van der Waals surface area contributed by atoms with Crippen molar-refractivity contribution in [2.45, 2.75) is 48.8 Å². The van der Waals surface area contributed by atoms with Gasteiger partial charge >= 0.3 is 6.18 Å². The average Bonchev–Trinajstić information content (AvgIpc) is 3.38. The standard InChI is InChI=1S/C16H18F4N4O2S/c17-9-5-11(24-4-3-10(21)7-13(24)16(18,19)20)14-12(6-9)27(25,26)23-15(22-14)8-1-2-8/h5-6,8,10,13H,1-4,7,21H2,(H,22,23)/t10?,13-/m0/s1. The first-order valence-electron chi connectivity index (χ1n) is 8.60. The number of sulfonamides is 1. The number of halogens is 4. The van der Waals surface area contributed by atoms with Gasteiger partial charge in [0, 0.05) is 18.5 Å². The summed E-state index contributed by atoms with van der Waals surface area (Å²) in [6.07, 6.45) is -3.15. The molecule has 3 aliphatic rings. The van der Waals surface area contributed by atoms with Crippen LogP contribution in [0.4, 0.5) is 28.9 Å². The molecule has 0 spiro atoms. The van der Waals surface area contributed by atoms with E-state index in [9.17, 15) is 26.0 Å². The molecule has 11 heteroatoms. The van der Waals surface area contributed by atoms with Gasteiger partial charge in [-0.2, -0.15) is 21.6 Å². The van der Waals surface area contributed by atoms with Crippen molar-refractivity contribution in [1.82, 2.24) is 0 Å². The second kappa shape index (κ2) is 6.06. The molecule has 2 heterocycles. The second-order valence-electron chi connectivity index (χ2n) is 7.18. The van der Waals surface area contributed by atoms with Crippen LogP contribution in [0.25, 0.3) is 0 Å². The third-order valence-electron chi connectivity index (χ3n) is 5.09. The summed E-state index contributed by atoms with van der Waals surface area (Å²) in [5.41, 5.74) is 5.54.